The van der Waals surface area contributed by atoms with Crippen LogP contribution >= 0.6 is 0 Å². The Labute approximate surface area is 163 Å². The average Bonchev–Trinajstić information content (AvgIpc) is 2.72. The van der Waals surface area contributed by atoms with Gasteiger partial charge in [0, 0.05) is 18.2 Å². The predicted molar refractivity (Wildman–Crippen MR) is 105 cm³/mol. The molecule has 0 saturated carbocycles. The average molecular weight is 385 g/mol. The molecule has 1 atom stereocenters. The molecule has 28 heavy (non-hydrogen) atoms. The molecule has 1 N–H and O–H groups in total. The fourth-order valence-corrected chi connectivity index (χ4v) is 2.82. The molecular weight excluding hydrogens is 362 g/mol. The smallest absolute Gasteiger partial charge is 0.411 e. The number of carbonyl (C=O) groups excluding carboxylic acids is 1. The minimum Gasteiger partial charge on any atom is -0.497 e. The van der Waals surface area contributed by atoms with Gasteiger partial charge in [-0.1, -0.05) is 6.92 Å². The Morgan fingerprint density at radius 1 is 1.21 bits per heavy atom. The number of allylic oxidation sites excluding steroid dienone is 2. The number of benzene rings is 1. The highest BCUT2D eigenvalue weighted by molar-refractivity contribution is 5.93. The minimum absolute atomic E-state index is 0.152. The maximum atomic E-state index is 11.6. The number of ether oxygens (including phenoxy) is 4. The highest BCUT2D eigenvalue weighted by Gasteiger charge is 2.32. The van der Waals surface area contributed by atoms with Gasteiger partial charge < -0.3 is 18.9 Å². The number of hydrogen-bond donors (Lipinski definition) is 1. The summed E-state index contributed by atoms with van der Waals surface area (Å²) in [4.78, 5) is 20.2. The predicted octanol–water partition coefficient (Wildman–Crippen LogP) is 3.87. The van der Waals surface area contributed by atoms with Crippen molar-refractivity contribution >= 4 is 24.0 Å². The van der Waals surface area contributed by atoms with Crippen molar-refractivity contribution in [1.82, 2.24) is 0 Å². The molecule has 1 unspecified atom stereocenters. The maximum absolute atomic E-state index is 11.6. The van der Waals surface area contributed by atoms with E-state index < -0.39 is 6.09 Å². The second-order valence-electron chi connectivity index (χ2n) is 6.12. The largest absolute Gasteiger partial charge is 0.497 e. The Hall–Kier alpha value is -3.29. The summed E-state index contributed by atoms with van der Waals surface area (Å²) in [7, 11) is 3.20. The van der Waals surface area contributed by atoms with Gasteiger partial charge in [0.25, 0.3) is 0 Å². The van der Waals surface area contributed by atoms with Gasteiger partial charge in [0.1, 0.15) is 17.8 Å². The summed E-state index contributed by atoms with van der Waals surface area (Å²) in [6.07, 6.45) is 4.13. The number of nitrogens with zero attached hydrogens (tertiary/aromatic N) is 2. The molecule has 148 valence electrons. The molecule has 0 bridgehead atoms. The van der Waals surface area contributed by atoms with Gasteiger partial charge in [-0.25, -0.2) is 14.8 Å². The standard InChI is InChI=1S/C20H23N3O5/c1-4-9-27-20(24)23-13-5-7-14(8-6-13)28-19-15-10-17(25-2)18(26-3)11-16(15)21-12-22-19/h5-8,11-12,15H,4,9-10H2,1-3H3,(H,23,24). The van der Waals surface area contributed by atoms with Crippen LogP contribution in [0.2, 0.25) is 0 Å². The summed E-state index contributed by atoms with van der Waals surface area (Å²) < 4.78 is 21.7. The molecule has 1 aliphatic heterocycles. The number of amides is 1. The van der Waals surface area contributed by atoms with E-state index in [1.54, 1.807) is 38.5 Å². The van der Waals surface area contributed by atoms with Crippen LogP contribution in [0.15, 0.2) is 57.5 Å². The molecule has 2 aliphatic rings. The minimum atomic E-state index is -0.479. The molecule has 0 saturated heterocycles. The molecule has 1 aliphatic carbocycles. The van der Waals surface area contributed by atoms with Gasteiger partial charge in [-0.15, -0.1) is 0 Å². The van der Waals surface area contributed by atoms with E-state index in [1.165, 1.54) is 6.34 Å². The fourth-order valence-electron chi connectivity index (χ4n) is 2.82. The lowest BCUT2D eigenvalue weighted by Gasteiger charge is -2.26. The van der Waals surface area contributed by atoms with E-state index in [0.29, 0.717) is 36.1 Å². The molecule has 0 fully saturated rings. The normalized spacial score (nSPS) is 17.9. The van der Waals surface area contributed by atoms with Crippen molar-refractivity contribution in [3.8, 4) is 5.75 Å². The van der Waals surface area contributed by atoms with Crippen LogP contribution in [-0.4, -0.2) is 39.2 Å². The number of fused-ring (bicyclic) bond motifs is 1. The Morgan fingerprint density at radius 3 is 2.68 bits per heavy atom. The van der Waals surface area contributed by atoms with Gasteiger partial charge in [0.2, 0.25) is 5.90 Å². The lowest BCUT2D eigenvalue weighted by Crippen LogP contribution is -2.28. The van der Waals surface area contributed by atoms with Crippen molar-refractivity contribution in [2.24, 2.45) is 15.9 Å². The summed E-state index contributed by atoms with van der Waals surface area (Å²) in [5, 5.41) is 2.66. The third-order valence-corrected chi connectivity index (χ3v) is 4.22. The molecule has 3 rings (SSSR count). The van der Waals surface area contributed by atoms with E-state index in [4.69, 9.17) is 18.9 Å². The van der Waals surface area contributed by atoms with Crippen LogP contribution in [0.1, 0.15) is 19.8 Å². The molecule has 1 amide bonds. The number of carbonyl (C=O) groups is 1. The van der Waals surface area contributed by atoms with Crippen molar-refractivity contribution in [2.45, 2.75) is 19.8 Å². The zero-order valence-corrected chi connectivity index (χ0v) is 16.1. The maximum Gasteiger partial charge on any atom is 0.411 e. The monoisotopic (exact) mass is 385 g/mol. The van der Waals surface area contributed by atoms with Crippen molar-refractivity contribution in [3.05, 3.63) is 47.6 Å². The highest BCUT2D eigenvalue weighted by Crippen LogP contribution is 2.34. The molecule has 0 radical (unpaired) electrons. The number of hydrogen-bond acceptors (Lipinski definition) is 7. The van der Waals surface area contributed by atoms with Crippen LogP contribution in [0.4, 0.5) is 10.5 Å². The Bertz CT molecular complexity index is 840. The van der Waals surface area contributed by atoms with E-state index >= 15 is 0 Å². The quantitative estimate of drug-likeness (QED) is 0.803. The van der Waals surface area contributed by atoms with Crippen LogP contribution in [0.25, 0.3) is 0 Å². The molecule has 0 spiro atoms. The Kier molecular flexibility index (Phi) is 6.31. The van der Waals surface area contributed by atoms with Gasteiger partial charge in [-0.2, -0.15) is 0 Å². The van der Waals surface area contributed by atoms with E-state index in [0.717, 1.165) is 17.9 Å². The first kappa shape index (κ1) is 19.5. The van der Waals surface area contributed by atoms with Gasteiger partial charge >= 0.3 is 6.09 Å². The first-order valence-corrected chi connectivity index (χ1v) is 8.99. The van der Waals surface area contributed by atoms with E-state index in [9.17, 15) is 4.79 Å². The summed E-state index contributed by atoms with van der Waals surface area (Å²) in [5.74, 6) is 2.34. The third kappa shape index (κ3) is 4.51. The summed E-state index contributed by atoms with van der Waals surface area (Å²) >= 11 is 0. The second-order valence-corrected chi connectivity index (χ2v) is 6.12. The second kappa shape index (κ2) is 9.07. The SMILES string of the molecule is CCCOC(=O)Nc1ccc(OC2=NC=NC3=CC(OC)=C(OC)CC32)cc1. The van der Waals surface area contributed by atoms with Gasteiger partial charge in [0.15, 0.2) is 5.76 Å². The van der Waals surface area contributed by atoms with Crippen molar-refractivity contribution in [2.75, 3.05) is 26.1 Å². The zero-order valence-electron chi connectivity index (χ0n) is 16.1. The number of nitrogens with one attached hydrogen (secondary N) is 1. The van der Waals surface area contributed by atoms with Crippen LogP contribution in [0, 0.1) is 5.92 Å². The van der Waals surface area contributed by atoms with Crippen LogP contribution in [0.3, 0.4) is 0 Å². The lowest BCUT2D eigenvalue weighted by molar-refractivity contribution is 0.161. The first-order chi connectivity index (χ1) is 13.6. The molecule has 1 aromatic rings. The topological polar surface area (TPSA) is 90.7 Å². The summed E-state index contributed by atoms with van der Waals surface area (Å²) in [6, 6.07) is 6.98. The van der Waals surface area contributed by atoms with Gasteiger partial charge in [-0.05, 0) is 30.7 Å². The fraction of sp³-hybridized carbons (Fsp3) is 0.350. The Balaban J connectivity index is 1.67. The molecule has 8 nitrogen and oxygen atoms in total. The molecule has 1 aromatic carbocycles. The molecule has 8 heteroatoms. The van der Waals surface area contributed by atoms with Crippen molar-refractivity contribution in [3.63, 3.8) is 0 Å². The van der Waals surface area contributed by atoms with Gasteiger partial charge in [-0.3, -0.25) is 5.32 Å². The molecule has 0 aromatic heterocycles. The van der Waals surface area contributed by atoms with E-state index in [2.05, 4.69) is 15.3 Å². The molecule has 1 heterocycles. The zero-order chi connectivity index (χ0) is 19.9. The van der Waals surface area contributed by atoms with Crippen LogP contribution in [-0.2, 0) is 14.2 Å². The summed E-state index contributed by atoms with van der Waals surface area (Å²) in [5.41, 5.74) is 1.42. The number of rotatable bonds is 6. The van der Waals surface area contributed by atoms with Crippen molar-refractivity contribution < 1.29 is 23.7 Å². The number of aliphatic imine (C=N–C) groups is 2. The first-order valence-electron chi connectivity index (χ1n) is 8.99. The van der Waals surface area contributed by atoms with Gasteiger partial charge in [0.05, 0.1) is 32.4 Å². The molecular formula is C20H23N3O5. The lowest BCUT2D eigenvalue weighted by atomic mass is 9.93. The third-order valence-electron chi connectivity index (χ3n) is 4.22. The number of anilines is 1. The Morgan fingerprint density at radius 2 is 2.00 bits per heavy atom. The van der Waals surface area contributed by atoms with E-state index in [-0.39, 0.29) is 5.92 Å². The summed E-state index contributed by atoms with van der Waals surface area (Å²) in [6.45, 7) is 2.32. The van der Waals surface area contributed by atoms with E-state index in [1.807, 2.05) is 13.0 Å². The van der Waals surface area contributed by atoms with Crippen LogP contribution in [0.5, 0.6) is 5.75 Å². The number of methoxy groups -OCH3 is 2. The van der Waals surface area contributed by atoms with Crippen molar-refractivity contribution in [1.29, 1.82) is 0 Å². The highest BCUT2D eigenvalue weighted by atomic mass is 16.5. The van der Waals surface area contributed by atoms with Crippen LogP contribution < -0.4 is 10.1 Å².